The standard InChI is InChI=1S/C64H82N12O11/c1-39(2)54(64(87)76-34-16-26-53(76)63(86)73-31-13-23-50(73)59(82)67-40(3)55(78)72-66)71-58(81)48(37-43-21-11-6-12-22-43)68-57(80)47(36-42-19-9-5-10-20-42)69-60(83)51-24-14-32-74(51)62(85)52-25-15-33-75(52)61(84)49(38-44-27-29-45(77)30-28-44)70-56(79)46(65)35-41-17-7-4-8-18-41/h4-12,17-22,27-30,39-40,46-54,77H,13-16,23-26,31-38,65-66H2,1-3H3,(H,67,82)(H,68,80)(H,69,83)(H,70,79)(H,71,81)(H,72,78)/t40-,46-,47-,48-,49-,50-,51-,52-,53-,54-/m0/s1. The summed E-state index contributed by atoms with van der Waals surface area (Å²) in [5.74, 6) is -0.801. The number of aromatic hydroxyl groups is 1. The second kappa shape index (κ2) is 30.1. The third-order valence-electron chi connectivity index (χ3n) is 16.9. The van der Waals surface area contributed by atoms with E-state index in [1.807, 2.05) is 47.9 Å². The number of hydrogen-bond acceptors (Lipinski definition) is 13. The molecule has 4 aromatic carbocycles. The van der Waals surface area contributed by atoms with Crippen molar-refractivity contribution in [3.05, 3.63) is 138 Å². The van der Waals surface area contributed by atoms with E-state index in [0.717, 1.165) is 5.56 Å². The van der Waals surface area contributed by atoms with Gasteiger partial charge in [0.15, 0.2) is 0 Å². The highest BCUT2D eigenvalue weighted by molar-refractivity contribution is 5.99. The Morgan fingerprint density at radius 1 is 0.448 bits per heavy atom. The van der Waals surface area contributed by atoms with Crippen molar-refractivity contribution < 1.29 is 53.1 Å². The van der Waals surface area contributed by atoms with Crippen LogP contribution in [0.2, 0.25) is 0 Å². The van der Waals surface area contributed by atoms with E-state index in [-0.39, 0.29) is 64.0 Å². The Morgan fingerprint density at radius 3 is 1.32 bits per heavy atom. The van der Waals surface area contributed by atoms with E-state index in [1.54, 1.807) is 74.5 Å². The number of rotatable bonds is 24. The summed E-state index contributed by atoms with van der Waals surface area (Å²) in [5.41, 5.74) is 11.2. The molecule has 4 aromatic rings. The molecule has 0 aromatic heterocycles. The summed E-state index contributed by atoms with van der Waals surface area (Å²) >= 11 is 0. The van der Waals surface area contributed by atoms with Crippen LogP contribution in [0, 0.1) is 5.92 Å². The molecule has 0 spiro atoms. The number of amides is 10. The van der Waals surface area contributed by atoms with Crippen molar-refractivity contribution in [3.8, 4) is 5.75 Å². The molecule has 10 amide bonds. The number of carbonyl (C=O) groups excluding carboxylic acids is 10. The van der Waals surface area contributed by atoms with Gasteiger partial charge in [-0.15, -0.1) is 0 Å². The molecule has 0 unspecified atom stereocenters. The van der Waals surface area contributed by atoms with Crippen LogP contribution in [-0.2, 0) is 73.6 Å². The average molecular weight is 1200 g/mol. The molecular formula is C64H82N12O11. The van der Waals surface area contributed by atoms with E-state index >= 15 is 0 Å². The van der Waals surface area contributed by atoms with Crippen LogP contribution in [0.3, 0.4) is 0 Å². The summed E-state index contributed by atoms with van der Waals surface area (Å²) < 4.78 is 0. The number of hydrogen-bond donors (Lipinski definition) is 9. The molecule has 11 N–H and O–H groups in total. The Bertz CT molecular complexity index is 3080. The quantitative estimate of drug-likeness (QED) is 0.0270. The van der Waals surface area contributed by atoms with Gasteiger partial charge in [0.2, 0.25) is 53.2 Å². The van der Waals surface area contributed by atoms with E-state index in [1.165, 1.54) is 38.7 Å². The lowest BCUT2D eigenvalue weighted by Crippen LogP contribution is -2.61. The third-order valence-corrected chi connectivity index (χ3v) is 16.9. The lowest BCUT2D eigenvalue weighted by atomic mass is 9.99. The van der Waals surface area contributed by atoms with Gasteiger partial charge in [0, 0.05) is 45.4 Å². The second-order valence-electron chi connectivity index (χ2n) is 23.5. The molecule has 4 fully saturated rings. The van der Waals surface area contributed by atoms with Crippen LogP contribution in [0.25, 0.3) is 0 Å². The fraction of sp³-hybridized carbons (Fsp3) is 0.469. The molecule has 10 atom stereocenters. The van der Waals surface area contributed by atoms with Crippen molar-refractivity contribution in [1.29, 1.82) is 0 Å². The SMILES string of the molecule is CC(C)[C@H](NC(=O)[C@H](Cc1ccccc1)NC(=O)[C@H](Cc1ccccc1)NC(=O)[C@@H]1CCCN1C(=O)[C@@H]1CCCN1C(=O)[C@H](Cc1ccc(O)cc1)NC(=O)[C@@H](N)Cc1ccccc1)C(=O)N1CCC[C@H]1C(=O)N1CCC[C@H]1C(=O)N[C@@H](C)C(=O)NN. The summed E-state index contributed by atoms with van der Waals surface area (Å²) in [6.45, 7) is 5.87. The van der Waals surface area contributed by atoms with Crippen LogP contribution in [0.15, 0.2) is 115 Å². The highest BCUT2D eigenvalue weighted by atomic mass is 16.3. The van der Waals surface area contributed by atoms with Crippen molar-refractivity contribution in [1.82, 2.24) is 51.6 Å². The first-order valence-electron chi connectivity index (χ1n) is 30.2. The number of carbonyl (C=O) groups is 10. The Labute approximate surface area is 507 Å². The normalized spacial score (nSPS) is 20.3. The molecule has 23 heteroatoms. The minimum atomic E-state index is -1.29. The highest BCUT2D eigenvalue weighted by Crippen LogP contribution is 2.29. The number of likely N-dealkylation sites (tertiary alicyclic amines) is 4. The van der Waals surface area contributed by atoms with Crippen LogP contribution < -0.4 is 43.6 Å². The van der Waals surface area contributed by atoms with Gasteiger partial charge in [-0.2, -0.15) is 0 Å². The van der Waals surface area contributed by atoms with E-state index in [9.17, 15) is 53.1 Å². The van der Waals surface area contributed by atoms with Crippen LogP contribution in [-0.4, -0.2) is 170 Å². The van der Waals surface area contributed by atoms with Crippen molar-refractivity contribution >= 4 is 59.1 Å². The zero-order valence-electron chi connectivity index (χ0n) is 49.6. The molecule has 464 valence electrons. The number of phenols is 1. The Kier molecular flexibility index (Phi) is 22.2. The molecule has 4 aliphatic heterocycles. The molecule has 4 aliphatic rings. The van der Waals surface area contributed by atoms with E-state index in [4.69, 9.17) is 11.6 Å². The van der Waals surface area contributed by atoms with Gasteiger partial charge in [-0.3, -0.25) is 53.4 Å². The van der Waals surface area contributed by atoms with Gasteiger partial charge in [-0.1, -0.05) is 117 Å². The molecule has 0 aliphatic carbocycles. The average Bonchev–Trinajstić information content (AvgIpc) is 3.21. The van der Waals surface area contributed by atoms with Crippen LogP contribution in [0.5, 0.6) is 5.75 Å². The zero-order chi connectivity index (χ0) is 62.3. The Balaban J connectivity index is 0.972. The number of nitrogens with two attached hydrogens (primary N) is 2. The number of nitrogens with one attached hydrogen (secondary N) is 6. The molecule has 0 bridgehead atoms. The number of nitrogens with zero attached hydrogens (tertiary/aromatic N) is 4. The highest BCUT2D eigenvalue weighted by Gasteiger charge is 2.47. The van der Waals surface area contributed by atoms with E-state index < -0.39 is 125 Å². The largest absolute Gasteiger partial charge is 0.508 e. The molecular weight excluding hydrogens is 1110 g/mol. The summed E-state index contributed by atoms with van der Waals surface area (Å²) in [6.07, 6.45) is 3.41. The lowest BCUT2D eigenvalue weighted by Gasteiger charge is -2.34. The minimum absolute atomic E-state index is 0.00806. The van der Waals surface area contributed by atoms with E-state index in [0.29, 0.717) is 61.6 Å². The number of benzene rings is 4. The Morgan fingerprint density at radius 2 is 0.839 bits per heavy atom. The smallest absolute Gasteiger partial charge is 0.256 e. The van der Waals surface area contributed by atoms with Crippen LogP contribution in [0.4, 0.5) is 0 Å². The van der Waals surface area contributed by atoms with Crippen molar-refractivity contribution in [2.24, 2.45) is 17.5 Å². The van der Waals surface area contributed by atoms with Crippen molar-refractivity contribution in [3.63, 3.8) is 0 Å². The molecule has 4 heterocycles. The maximum absolute atomic E-state index is 14.9. The third kappa shape index (κ3) is 16.4. The predicted molar refractivity (Wildman–Crippen MR) is 322 cm³/mol. The van der Waals surface area contributed by atoms with Gasteiger partial charge in [0.1, 0.15) is 60.1 Å². The fourth-order valence-electron chi connectivity index (χ4n) is 12.2. The molecule has 87 heavy (non-hydrogen) atoms. The van der Waals surface area contributed by atoms with Crippen LogP contribution in [0.1, 0.15) is 94.4 Å². The Hall–Kier alpha value is -8.70. The monoisotopic (exact) mass is 1190 g/mol. The van der Waals surface area contributed by atoms with Gasteiger partial charge < -0.3 is 57.0 Å². The summed E-state index contributed by atoms with van der Waals surface area (Å²) in [6, 6.07) is 22.8. The lowest BCUT2D eigenvalue weighted by molar-refractivity contribution is -0.148. The number of hydrazine groups is 1. The van der Waals surface area contributed by atoms with E-state index in [2.05, 4.69) is 26.6 Å². The maximum atomic E-state index is 14.9. The van der Waals surface area contributed by atoms with Crippen LogP contribution >= 0.6 is 0 Å². The summed E-state index contributed by atoms with van der Waals surface area (Å²) in [7, 11) is 0. The van der Waals surface area contributed by atoms with Crippen molar-refractivity contribution in [2.75, 3.05) is 26.2 Å². The topological polar surface area (TPSA) is 328 Å². The first-order valence-corrected chi connectivity index (χ1v) is 30.2. The second-order valence-corrected chi connectivity index (χ2v) is 23.5. The molecule has 4 saturated heterocycles. The minimum Gasteiger partial charge on any atom is -0.508 e. The molecule has 0 radical (unpaired) electrons. The predicted octanol–water partition coefficient (Wildman–Crippen LogP) is 1.04. The zero-order valence-corrected chi connectivity index (χ0v) is 49.6. The van der Waals surface area contributed by atoms with Crippen molar-refractivity contribution in [2.45, 2.75) is 158 Å². The summed E-state index contributed by atoms with van der Waals surface area (Å²) in [4.78, 5) is 148. The summed E-state index contributed by atoms with van der Waals surface area (Å²) in [5, 5.41) is 24.2. The molecule has 8 rings (SSSR count). The van der Waals surface area contributed by atoms with Gasteiger partial charge >= 0.3 is 0 Å². The molecule has 23 nitrogen and oxygen atoms in total. The molecule has 0 saturated carbocycles. The number of phenolic OH excluding ortho intramolecular Hbond substituents is 1. The van der Waals surface area contributed by atoms with Gasteiger partial charge in [-0.05, 0) is 105 Å². The maximum Gasteiger partial charge on any atom is 0.256 e. The van der Waals surface area contributed by atoms with Gasteiger partial charge in [0.25, 0.3) is 5.91 Å². The van der Waals surface area contributed by atoms with Gasteiger partial charge in [0.05, 0.1) is 6.04 Å². The first-order chi connectivity index (χ1) is 41.8. The fourth-order valence-corrected chi connectivity index (χ4v) is 12.2. The first kappa shape index (κ1) is 64.3. The van der Waals surface area contributed by atoms with Gasteiger partial charge in [-0.25, -0.2) is 5.84 Å².